The molecule has 1 atom stereocenters. The molecule has 5 rings (SSSR count). The monoisotopic (exact) mass is 559 g/mol. The average Bonchev–Trinajstić information content (AvgIpc) is 3.39. The highest BCUT2D eigenvalue weighted by Crippen LogP contribution is 2.40. The number of fused-ring (bicyclic) bond motifs is 2. The van der Waals surface area contributed by atoms with Gasteiger partial charge < -0.3 is 18.8 Å². The topological polar surface area (TPSA) is 84.0 Å². The van der Waals surface area contributed by atoms with Crippen LogP contribution in [0.4, 0.5) is 0 Å². The van der Waals surface area contributed by atoms with Gasteiger partial charge in [-0.3, -0.25) is 9.36 Å². The Morgan fingerprint density at radius 2 is 1.90 bits per heavy atom. The summed E-state index contributed by atoms with van der Waals surface area (Å²) in [6, 6.07) is 13.0. The Morgan fingerprint density at radius 1 is 1.12 bits per heavy atom. The Bertz CT molecular complexity index is 1830. The summed E-state index contributed by atoms with van der Waals surface area (Å²) in [4.78, 5) is 32.8. The molecule has 0 N–H and O–H groups in total. The van der Waals surface area contributed by atoms with Gasteiger partial charge in [0, 0.05) is 30.6 Å². The van der Waals surface area contributed by atoms with Gasteiger partial charge >= 0.3 is 5.97 Å². The molecule has 1 aliphatic rings. The quantitative estimate of drug-likeness (QED) is 0.305. The van der Waals surface area contributed by atoms with Crippen LogP contribution in [0.15, 0.2) is 63.5 Å². The van der Waals surface area contributed by atoms with Crippen LogP contribution in [0.25, 0.3) is 16.8 Å². The predicted octanol–water partition coefficient (Wildman–Crippen LogP) is 4.02. The van der Waals surface area contributed by atoms with Gasteiger partial charge in [0.05, 0.1) is 36.1 Å². The van der Waals surface area contributed by atoms with Crippen LogP contribution in [0.3, 0.4) is 0 Å². The molecule has 0 bridgehead atoms. The Labute approximate surface area is 236 Å². The summed E-state index contributed by atoms with van der Waals surface area (Å²) in [6.45, 7) is 9.17. The fraction of sp³-hybridized carbons (Fsp3) is 0.323. The molecule has 9 heteroatoms. The Balaban J connectivity index is 1.79. The van der Waals surface area contributed by atoms with E-state index in [0.717, 1.165) is 39.8 Å². The van der Waals surface area contributed by atoms with Crippen molar-refractivity contribution in [3.8, 4) is 5.75 Å². The van der Waals surface area contributed by atoms with Gasteiger partial charge in [0.15, 0.2) is 4.80 Å². The van der Waals surface area contributed by atoms with E-state index in [1.54, 1.807) is 32.6 Å². The third kappa shape index (κ3) is 4.69. The lowest BCUT2D eigenvalue weighted by Crippen LogP contribution is -2.40. The van der Waals surface area contributed by atoms with Crippen molar-refractivity contribution < 1.29 is 19.0 Å². The average molecular weight is 560 g/mol. The second kappa shape index (κ2) is 11.3. The maximum atomic E-state index is 14.2. The van der Waals surface area contributed by atoms with Crippen molar-refractivity contribution in [2.24, 2.45) is 4.99 Å². The van der Waals surface area contributed by atoms with Gasteiger partial charge in [0.1, 0.15) is 11.8 Å². The smallest absolute Gasteiger partial charge is 0.338 e. The number of carbonyl (C=O) groups is 1. The largest absolute Gasteiger partial charge is 0.496 e. The zero-order chi connectivity index (χ0) is 28.6. The standard InChI is InChI=1S/C31H33N3O5S/c1-7-39-30(36)26-19(3)32-31-34(28(26)27-23-11-9-8-10-21(23)12-13-24(27)38-6)29(35)25(40-31)17-22-16-18(2)33(20(22)4)14-15-37-5/h8-13,16-17,28H,7,14-15H2,1-6H3/b25-17-/t28-/m0/s1. The van der Waals surface area contributed by atoms with E-state index in [-0.39, 0.29) is 12.2 Å². The van der Waals surface area contributed by atoms with Crippen LogP contribution in [-0.2, 0) is 20.8 Å². The van der Waals surface area contributed by atoms with Crippen LogP contribution in [0, 0.1) is 13.8 Å². The van der Waals surface area contributed by atoms with Crippen molar-refractivity contribution in [2.45, 2.75) is 40.3 Å². The second-order valence-electron chi connectivity index (χ2n) is 9.68. The number of allylic oxidation sites excluding steroid dienone is 1. The first-order valence-corrected chi connectivity index (χ1v) is 14.0. The number of hydrogen-bond acceptors (Lipinski definition) is 7. The Morgan fingerprint density at radius 3 is 2.62 bits per heavy atom. The molecule has 208 valence electrons. The number of aryl methyl sites for hydroxylation is 1. The molecule has 0 aliphatic carbocycles. The maximum absolute atomic E-state index is 14.2. The third-order valence-corrected chi connectivity index (χ3v) is 8.34. The van der Waals surface area contributed by atoms with E-state index < -0.39 is 12.0 Å². The summed E-state index contributed by atoms with van der Waals surface area (Å²) < 4.78 is 20.9. The first kappa shape index (κ1) is 27.6. The van der Waals surface area contributed by atoms with Crippen molar-refractivity contribution in [1.82, 2.24) is 9.13 Å². The number of nitrogens with zero attached hydrogens (tertiary/aromatic N) is 3. The number of rotatable bonds is 8. The highest BCUT2D eigenvalue weighted by Gasteiger charge is 2.36. The number of carbonyl (C=O) groups excluding carboxylic acids is 1. The number of aromatic nitrogens is 2. The molecule has 0 spiro atoms. The van der Waals surface area contributed by atoms with Gasteiger partial charge in [-0.05, 0) is 62.2 Å². The van der Waals surface area contributed by atoms with E-state index in [1.807, 2.05) is 56.3 Å². The summed E-state index contributed by atoms with van der Waals surface area (Å²) in [5.74, 6) is 0.0798. The third-order valence-electron chi connectivity index (χ3n) is 7.36. The molecular weight excluding hydrogens is 526 g/mol. The van der Waals surface area contributed by atoms with Crippen molar-refractivity contribution in [2.75, 3.05) is 27.4 Å². The number of ether oxygens (including phenoxy) is 3. The molecule has 8 nitrogen and oxygen atoms in total. The van der Waals surface area contributed by atoms with Crippen molar-refractivity contribution >= 4 is 34.2 Å². The highest BCUT2D eigenvalue weighted by molar-refractivity contribution is 7.07. The highest BCUT2D eigenvalue weighted by atomic mass is 32.1. The van der Waals surface area contributed by atoms with Gasteiger partial charge in [0.25, 0.3) is 5.56 Å². The van der Waals surface area contributed by atoms with E-state index >= 15 is 0 Å². The van der Waals surface area contributed by atoms with Gasteiger partial charge in [-0.15, -0.1) is 0 Å². The van der Waals surface area contributed by atoms with Gasteiger partial charge in [-0.2, -0.15) is 0 Å². The molecule has 3 heterocycles. The number of esters is 1. The fourth-order valence-electron chi connectivity index (χ4n) is 5.44. The fourth-order valence-corrected chi connectivity index (χ4v) is 6.48. The predicted molar refractivity (Wildman–Crippen MR) is 157 cm³/mol. The molecule has 0 saturated heterocycles. The minimum absolute atomic E-state index is 0.206. The molecule has 2 aromatic carbocycles. The Kier molecular flexibility index (Phi) is 7.78. The van der Waals surface area contributed by atoms with E-state index in [9.17, 15) is 9.59 Å². The lowest BCUT2D eigenvalue weighted by atomic mass is 9.90. The summed E-state index contributed by atoms with van der Waals surface area (Å²) in [6.07, 6.45) is 1.91. The summed E-state index contributed by atoms with van der Waals surface area (Å²) in [5, 5.41) is 1.86. The summed E-state index contributed by atoms with van der Waals surface area (Å²) in [7, 11) is 3.28. The number of hydrogen-bond donors (Lipinski definition) is 0. The summed E-state index contributed by atoms with van der Waals surface area (Å²) in [5.41, 5.74) is 4.45. The second-order valence-corrected chi connectivity index (χ2v) is 10.7. The summed E-state index contributed by atoms with van der Waals surface area (Å²) >= 11 is 1.31. The van der Waals surface area contributed by atoms with Crippen LogP contribution < -0.4 is 19.6 Å². The zero-order valence-electron chi connectivity index (χ0n) is 23.6. The van der Waals surface area contributed by atoms with Crippen LogP contribution in [0.1, 0.15) is 42.4 Å². The van der Waals surface area contributed by atoms with Crippen LogP contribution in [-0.4, -0.2) is 42.5 Å². The van der Waals surface area contributed by atoms with Crippen molar-refractivity contribution in [3.05, 3.63) is 95.9 Å². The van der Waals surface area contributed by atoms with Crippen LogP contribution >= 0.6 is 11.3 Å². The normalized spacial score (nSPS) is 15.3. The van der Waals surface area contributed by atoms with Crippen LogP contribution in [0.2, 0.25) is 0 Å². The van der Waals surface area contributed by atoms with Gasteiger partial charge in [0.2, 0.25) is 0 Å². The SMILES string of the molecule is CCOC(=O)C1=C(C)N=c2s/c(=C\c3cc(C)n(CCOC)c3C)c(=O)n2[C@@H]1c1c(OC)ccc2ccccc12. The molecule has 0 unspecified atom stereocenters. The number of thiazole rings is 1. The molecule has 40 heavy (non-hydrogen) atoms. The maximum Gasteiger partial charge on any atom is 0.338 e. The molecule has 0 amide bonds. The number of benzene rings is 2. The minimum atomic E-state index is -0.771. The molecular formula is C31H33N3O5S. The zero-order valence-corrected chi connectivity index (χ0v) is 24.4. The van der Waals surface area contributed by atoms with Gasteiger partial charge in [-0.1, -0.05) is 41.7 Å². The lowest BCUT2D eigenvalue weighted by Gasteiger charge is -2.27. The first-order valence-electron chi connectivity index (χ1n) is 13.2. The van der Waals surface area contributed by atoms with E-state index in [0.29, 0.717) is 33.0 Å². The van der Waals surface area contributed by atoms with Crippen LogP contribution in [0.5, 0.6) is 5.75 Å². The minimum Gasteiger partial charge on any atom is -0.496 e. The molecule has 0 saturated carbocycles. The van der Waals surface area contributed by atoms with E-state index in [1.165, 1.54) is 11.3 Å². The molecule has 0 radical (unpaired) electrons. The van der Waals surface area contributed by atoms with E-state index in [4.69, 9.17) is 19.2 Å². The van der Waals surface area contributed by atoms with Gasteiger partial charge in [-0.25, -0.2) is 9.79 Å². The molecule has 4 aromatic rings. The number of methoxy groups -OCH3 is 2. The van der Waals surface area contributed by atoms with E-state index in [2.05, 4.69) is 10.6 Å². The first-order chi connectivity index (χ1) is 19.3. The molecule has 1 aliphatic heterocycles. The van der Waals surface area contributed by atoms with Crippen molar-refractivity contribution in [1.29, 1.82) is 0 Å². The molecule has 2 aromatic heterocycles. The van der Waals surface area contributed by atoms with Crippen molar-refractivity contribution in [3.63, 3.8) is 0 Å². The Hall–Kier alpha value is -3.95. The lowest BCUT2D eigenvalue weighted by molar-refractivity contribution is -0.139. The molecule has 0 fully saturated rings.